The first-order chi connectivity index (χ1) is 9.85. The quantitative estimate of drug-likeness (QED) is 0.788. The van der Waals surface area contributed by atoms with Crippen molar-refractivity contribution in [1.29, 1.82) is 0 Å². The van der Waals surface area contributed by atoms with E-state index in [0.717, 1.165) is 11.3 Å². The van der Waals surface area contributed by atoms with Gasteiger partial charge < -0.3 is 10.1 Å². The predicted octanol–water partition coefficient (Wildman–Crippen LogP) is 2.11. The lowest BCUT2D eigenvalue weighted by Gasteiger charge is -2.23. The van der Waals surface area contributed by atoms with Gasteiger partial charge in [-0.2, -0.15) is 0 Å². The molecule has 0 heterocycles. The number of benzene rings is 1. The van der Waals surface area contributed by atoms with Gasteiger partial charge in [0.1, 0.15) is 6.04 Å². The zero-order valence-electron chi connectivity index (χ0n) is 13.3. The van der Waals surface area contributed by atoms with Crippen LogP contribution in [0.3, 0.4) is 0 Å². The summed E-state index contributed by atoms with van der Waals surface area (Å²) in [5.74, 6) is -0.513. The first kappa shape index (κ1) is 17.2. The van der Waals surface area contributed by atoms with Gasteiger partial charge in [0.05, 0.1) is 13.2 Å². The van der Waals surface area contributed by atoms with E-state index in [2.05, 4.69) is 10.6 Å². The van der Waals surface area contributed by atoms with Crippen LogP contribution >= 0.6 is 0 Å². The number of rotatable bonds is 6. The third-order valence-electron chi connectivity index (χ3n) is 3.26. The summed E-state index contributed by atoms with van der Waals surface area (Å²) >= 11 is 0. The van der Waals surface area contributed by atoms with E-state index in [1.54, 1.807) is 6.92 Å². The highest BCUT2D eigenvalue weighted by Crippen LogP contribution is 2.10. The highest BCUT2D eigenvalue weighted by molar-refractivity contribution is 5.95. The Hall–Kier alpha value is -1.88. The Bertz CT molecular complexity index is 483. The fourth-order valence-electron chi connectivity index (χ4n) is 1.89. The smallest absolute Gasteiger partial charge is 0.323 e. The van der Waals surface area contributed by atoms with Crippen LogP contribution < -0.4 is 10.6 Å². The number of hydrogen-bond acceptors (Lipinski definition) is 4. The Balaban J connectivity index is 2.64. The van der Waals surface area contributed by atoms with E-state index in [9.17, 15) is 9.59 Å². The molecule has 5 nitrogen and oxygen atoms in total. The molecule has 2 unspecified atom stereocenters. The van der Waals surface area contributed by atoms with Gasteiger partial charge in [-0.05, 0) is 31.9 Å². The van der Waals surface area contributed by atoms with E-state index in [1.165, 1.54) is 7.11 Å². The van der Waals surface area contributed by atoms with Crippen LogP contribution in [-0.4, -0.2) is 31.1 Å². The molecule has 0 bridgehead atoms. The van der Waals surface area contributed by atoms with Gasteiger partial charge in [-0.3, -0.25) is 14.9 Å². The van der Waals surface area contributed by atoms with Crippen LogP contribution in [0.2, 0.25) is 0 Å². The summed E-state index contributed by atoms with van der Waals surface area (Å²) in [6, 6.07) is 6.55. The van der Waals surface area contributed by atoms with Crippen molar-refractivity contribution < 1.29 is 14.3 Å². The Morgan fingerprint density at radius 2 is 1.67 bits per heavy atom. The van der Waals surface area contributed by atoms with E-state index >= 15 is 0 Å². The van der Waals surface area contributed by atoms with Crippen LogP contribution in [0.25, 0.3) is 0 Å². The van der Waals surface area contributed by atoms with E-state index in [0.29, 0.717) is 0 Å². The molecule has 0 saturated heterocycles. The van der Waals surface area contributed by atoms with E-state index in [-0.39, 0.29) is 17.8 Å². The molecule has 5 heteroatoms. The second-order valence-electron chi connectivity index (χ2n) is 5.49. The molecular weight excluding hydrogens is 268 g/mol. The molecule has 1 rings (SSSR count). The van der Waals surface area contributed by atoms with E-state index in [1.807, 2.05) is 45.0 Å². The summed E-state index contributed by atoms with van der Waals surface area (Å²) in [5, 5.41) is 5.83. The van der Waals surface area contributed by atoms with Gasteiger partial charge in [-0.25, -0.2) is 0 Å². The van der Waals surface area contributed by atoms with Crippen molar-refractivity contribution in [2.24, 2.45) is 5.92 Å². The Labute approximate surface area is 126 Å². The van der Waals surface area contributed by atoms with Crippen molar-refractivity contribution >= 4 is 17.6 Å². The fourth-order valence-corrected chi connectivity index (χ4v) is 1.89. The lowest BCUT2D eigenvalue weighted by molar-refractivity contribution is -0.144. The highest BCUT2D eigenvalue weighted by atomic mass is 16.5. The summed E-state index contributed by atoms with van der Waals surface area (Å²) in [6.07, 6.45) is 0. The van der Waals surface area contributed by atoms with Gasteiger partial charge in [-0.15, -0.1) is 0 Å². The van der Waals surface area contributed by atoms with Crippen LogP contribution in [0.5, 0.6) is 0 Å². The lowest BCUT2D eigenvalue weighted by Crippen LogP contribution is -2.50. The van der Waals surface area contributed by atoms with Crippen LogP contribution in [0, 0.1) is 12.8 Å². The number of hydrogen-bond donors (Lipinski definition) is 2. The van der Waals surface area contributed by atoms with Gasteiger partial charge in [0.2, 0.25) is 5.91 Å². The van der Waals surface area contributed by atoms with Crippen LogP contribution in [0.4, 0.5) is 5.69 Å². The molecule has 0 fully saturated rings. The molecule has 116 valence electrons. The van der Waals surface area contributed by atoms with E-state index in [4.69, 9.17) is 4.74 Å². The average Bonchev–Trinajstić information content (AvgIpc) is 2.45. The van der Waals surface area contributed by atoms with Gasteiger partial charge in [0.25, 0.3) is 0 Å². The normalized spacial score (nSPS) is 13.6. The van der Waals surface area contributed by atoms with Gasteiger partial charge in [-0.1, -0.05) is 31.5 Å². The number of methoxy groups -OCH3 is 1. The Morgan fingerprint density at radius 1 is 1.10 bits per heavy atom. The number of ether oxygens (including phenoxy) is 1. The predicted molar refractivity (Wildman–Crippen MR) is 83.0 cm³/mol. The lowest BCUT2D eigenvalue weighted by atomic mass is 10.0. The molecule has 1 aromatic rings. The fraction of sp³-hybridized carbons (Fsp3) is 0.500. The molecule has 0 spiro atoms. The van der Waals surface area contributed by atoms with Crippen LogP contribution in [-0.2, 0) is 14.3 Å². The largest absolute Gasteiger partial charge is 0.468 e. The molecule has 1 aromatic carbocycles. The second kappa shape index (κ2) is 7.78. The number of nitrogens with one attached hydrogen (secondary N) is 2. The maximum Gasteiger partial charge on any atom is 0.323 e. The van der Waals surface area contributed by atoms with Crippen LogP contribution in [0.1, 0.15) is 26.3 Å². The van der Waals surface area contributed by atoms with Crippen molar-refractivity contribution in [1.82, 2.24) is 5.32 Å². The first-order valence-electron chi connectivity index (χ1n) is 7.06. The zero-order chi connectivity index (χ0) is 16.0. The average molecular weight is 292 g/mol. The second-order valence-corrected chi connectivity index (χ2v) is 5.49. The van der Waals surface area contributed by atoms with Gasteiger partial charge in [0.15, 0.2) is 0 Å². The first-order valence-corrected chi connectivity index (χ1v) is 7.06. The Kier molecular flexibility index (Phi) is 6.37. The number of esters is 1. The number of aryl methyl sites for hydroxylation is 1. The number of anilines is 1. The van der Waals surface area contributed by atoms with Gasteiger partial charge in [0, 0.05) is 5.69 Å². The minimum Gasteiger partial charge on any atom is -0.468 e. The minimum atomic E-state index is -0.506. The molecule has 0 aromatic heterocycles. The molecule has 0 aliphatic heterocycles. The number of carbonyl (C=O) groups is 2. The van der Waals surface area contributed by atoms with Crippen molar-refractivity contribution in [3.05, 3.63) is 29.8 Å². The van der Waals surface area contributed by atoms with E-state index < -0.39 is 12.1 Å². The van der Waals surface area contributed by atoms with Gasteiger partial charge >= 0.3 is 5.97 Å². The summed E-state index contributed by atoms with van der Waals surface area (Å²) < 4.78 is 4.75. The minimum absolute atomic E-state index is 0.0343. The van der Waals surface area contributed by atoms with Crippen LogP contribution in [0.15, 0.2) is 24.3 Å². The van der Waals surface area contributed by atoms with Crippen molar-refractivity contribution in [2.45, 2.75) is 39.8 Å². The SMILES string of the molecule is COC(=O)C(NC(C)C(=O)Nc1ccc(C)cc1)C(C)C. The molecule has 1 amide bonds. The van der Waals surface area contributed by atoms with Crippen molar-refractivity contribution in [3.63, 3.8) is 0 Å². The molecule has 0 aliphatic carbocycles. The zero-order valence-corrected chi connectivity index (χ0v) is 13.3. The maximum atomic E-state index is 12.1. The number of carbonyl (C=O) groups excluding carboxylic acids is 2. The topological polar surface area (TPSA) is 67.4 Å². The third-order valence-corrected chi connectivity index (χ3v) is 3.26. The highest BCUT2D eigenvalue weighted by Gasteiger charge is 2.26. The van der Waals surface area contributed by atoms with Crippen molar-refractivity contribution in [2.75, 3.05) is 12.4 Å². The molecule has 21 heavy (non-hydrogen) atoms. The summed E-state index contributed by atoms with van der Waals surface area (Å²) in [4.78, 5) is 23.8. The Morgan fingerprint density at radius 3 is 2.14 bits per heavy atom. The molecular formula is C16H24N2O3. The molecule has 0 radical (unpaired) electrons. The maximum absolute atomic E-state index is 12.1. The molecule has 0 saturated carbocycles. The molecule has 2 N–H and O–H groups in total. The standard InChI is InChI=1S/C16H24N2O3/c1-10(2)14(16(20)21-5)17-12(4)15(19)18-13-8-6-11(3)7-9-13/h6-10,12,14,17H,1-5H3,(H,18,19). The summed E-state index contributed by atoms with van der Waals surface area (Å²) in [5.41, 5.74) is 1.86. The monoisotopic (exact) mass is 292 g/mol. The third kappa shape index (κ3) is 5.19. The summed E-state index contributed by atoms with van der Waals surface area (Å²) in [7, 11) is 1.34. The van der Waals surface area contributed by atoms with Crippen molar-refractivity contribution in [3.8, 4) is 0 Å². The molecule has 0 aliphatic rings. The molecule has 2 atom stereocenters. The number of amides is 1. The summed E-state index contributed by atoms with van der Waals surface area (Å²) in [6.45, 7) is 7.51.